The van der Waals surface area contributed by atoms with Gasteiger partial charge in [-0.2, -0.15) is 0 Å². The Kier molecular flexibility index (Phi) is 3.04. The van der Waals surface area contributed by atoms with E-state index in [4.69, 9.17) is 22.1 Å². The SMILES string of the molecule is NC1CC(CF)(CF)Oc2c(Cl)cccc21. The van der Waals surface area contributed by atoms with E-state index in [1.165, 1.54) is 0 Å². The number of hydrogen-bond acceptors (Lipinski definition) is 2. The molecule has 0 spiro atoms. The van der Waals surface area contributed by atoms with Gasteiger partial charge in [0, 0.05) is 18.0 Å². The third-order valence-electron chi connectivity index (χ3n) is 2.79. The third kappa shape index (κ3) is 1.76. The average Bonchev–Trinajstić information content (AvgIpc) is 2.30. The fourth-order valence-electron chi connectivity index (χ4n) is 1.89. The summed E-state index contributed by atoms with van der Waals surface area (Å²) in [5.74, 6) is 0.304. The van der Waals surface area contributed by atoms with Crippen molar-refractivity contribution in [1.82, 2.24) is 0 Å². The Morgan fingerprint density at radius 3 is 2.75 bits per heavy atom. The molecule has 1 aliphatic heterocycles. The summed E-state index contributed by atoms with van der Waals surface area (Å²) in [6, 6.07) is 4.66. The summed E-state index contributed by atoms with van der Waals surface area (Å²) in [7, 11) is 0. The lowest BCUT2D eigenvalue weighted by Gasteiger charge is -2.37. The van der Waals surface area contributed by atoms with Crippen LogP contribution in [-0.2, 0) is 0 Å². The highest BCUT2D eigenvalue weighted by Gasteiger charge is 2.41. The number of nitrogens with two attached hydrogens (primary N) is 1. The van der Waals surface area contributed by atoms with Gasteiger partial charge in [-0.05, 0) is 6.07 Å². The third-order valence-corrected chi connectivity index (χ3v) is 3.09. The molecule has 88 valence electrons. The van der Waals surface area contributed by atoms with Crippen molar-refractivity contribution in [2.45, 2.75) is 18.1 Å². The average molecular weight is 248 g/mol. The van der Waals surface area contributed by atoms with Crippen molar-refractivity contribution < 1.29 is 13.5 Å². The summed E-state index contributed by atoms with van der Waals surface area (Å²) >= 11 is 5.92. The Morgan fingerprint density at radius 1 is 1.44 bits per heavy atom. The number of hydrogen-bond donors (Lipinski definition) is 1. The van der Waals surface area contributed by atoms with Gasteiger partial charge in [0.2, 0.25) is 0 Å². The van der Waals surface area contributed by atoms with Crippen LogP contribution in [0.4, 0.5) is 8.78 Å². The second kappa shape index (κ2) is 4.18. The van der Waals surface area contributed by atoms with Gasteiger partial charge in [-0.15, -0.1) is 0 Å². The molecule has 1 atom stereocenters. The standard InChI is InChI=1S/C11H12ClF2NO/c12-8-3-1-2-7-9(15)4-11(5-13,6-14)16-10(7)8/h1-3,9H,4-6,15H2. The number of ether oxygens (including phenoxy) is 1. The lowest BCUT2D eigenvalue weighted by molar-refractivity contribution is -0.00769. The molecule has 1 aromatic carbocycles. The zero-order valence-corrected chi connectivity index (χ0v) is 9.31. The lowest BCUT2D eigenvalue weighted by atomic mass is 9.89. The van der Waals surface area contributed by atoms with Gasteiger partial charge in [0.25, 0.3) is 0 Å². The number of rotatable bonds is 2. The van der Waals surface area contributed by atoms with Gasteiger partial charge in [0.05, 0.1) is 5.02 Å². The first-order valence-corrected chi connectivity index (χ1v) is 5.34. The molecule has 1 aromatic rings. The van der Waals surface area contributed by atoms with Crippen LogP contribution in [-0.4, -0.2) is 19.0 Å². The normalized spacial score (nSPS) is 22.4. The van der Waals surface area contributed by atoms with E-state index in [1.54, 1.807) is 18.2 Å². The Morgan fingerprint density at radius 2 is 2.12 bits per heavy atom. The Hall–Kier alpha value is -0.870. The number of fused-ring (bicyclic) bond motifs is 1. The van der Waals surface area contributed by atoms with Gasteiger partial charge in [-0.25, -0.2) is 8.78 Å². The molecule has 0 radical (unpaired) electrons. The van der Waals surface area contributed by atoms with Crippen LogP contribution in [0.2, 0.25) is 5.02 Å². The van der Waals surface area contributed by atoms with Gasteiger partial charge < -0.3 is 10.5 Å². The second-order valence-electron chi connectivity index (χ2n) is 4.02. The summed E-state index contributed by atoms with van der Waals surface area (Å²) in [6.45, 7) is -1.83. The van der Waals surface area contributed by atoms with E-state index in [1.807, 2.05) is 0 Å². The molecule has 0 amide bonds. The predicted molar refractivity (Wildman–Crippen MR) is 58.3 cm³/mol. The molecule has 16 heavy (non-hydrogen) atoms. The molecule has 0 saturated heterocycles. The highest BCUT2D eigenvalue weighted by atomic mass is 35.5. The monoisotopic (exact) mass is 247 g/mol. The van der Waals surface area contributed by atoms with Crippen molar-refractivity contribution >= 4 is 11.6 Å². The summed E-state index contributed by atoms with van der Waals surface area (Å²) in [6.07, 6.45) is 0.118. The van der Waals surface area contributed by atoms with E-state index in [0.29, 0.717) is 16.3 Å². The van der Waals surface area contributed by atoms with Crippen molar-refractivity contribution in [3.8, 4) is 5.75 Å². The Bertz CT molecular complexity index is 396. The lowest BCUT2D eigenvalue weighted by Crippen LogP contribution is -2.47. The number of para-hydroxylation sites is 1. The van der Waals surface area contributed by atoms with Crippen LogP contribution in [0.15, 0.2) is 18.2 Å². The summed E-state index contributed by atoms with van der Waals surface area (Å²) in [4.78, 5) is 0. The van der Waals surface area contributed by atoms with Crippen LogP contribution < -0.4 is 10.5 Å². The molecule has 5 heteroatoms. The molecular formula is C11H12ClF2NO. The molecule has 0 aliphatic carbocycles. The molecule has 1 aliphatic rings. The Balaban J connectivity index is 2.45. The minimum absolute atomic E-state index is 0.118. The maximum atomic E-state index is 12.9. The molecule has 0 saturated carbocycles. The van der Waals surface area contributed by atoms with E-state index >= 15 is 0 Å². The fourth-order valence-corrected chi connectivity index (χ4v) is 2.11. The molecular weight excluding hydrogens is 236 g/mol. The van der Waals surface area contributed by atoms with Crippen LogP contribution in [0.3, 0.4) is 0 Å². The molecule has 2 nitrogen and oxygen atoms in total. The maximum absolute atomic E-state index is 12.9. The van der Waals surface area contributed by atoms with E-state index in [2.05, 4.69) is 0 Å². The smallest absolute Gasteiger partial charge is 0.167 e. The van der Waals surface area contributed by atoms with Crippen LogP contribution in [0.1, 0.15) is 18.0 Å². The minimum atomic E-state index is -1.47. The zero-order chi connectivity index (χ0) is 11.8. The zero-order valence-electron chi connectivity index (χ0n) is 8.55. The highest BCUT2D eigenvalue weighted by Crippen LogP contribution is 2.42. The van der Waals surface area contributed by atoms with Crippen molar-refractivity contribution in [2.24, 2.45) is 5.73 Å². The van der Waals surface area contributed by atoms with E-state index in [0.717, 1.165) is 0 Å². The largest absolute Gasteiger partial charge is 0.480 e. The fraction of sp³-hybridized carbons (Fsp3) is 0.455. The van der Waals surface area contributed by atoms with Gasteiger partial charge in [-0.1, -0.05) is 23.7 Å². The van der Waals surface area contributed by atoms with E-state index in [-0.39, 0.29) is 6.42 Å². The highest BCUT2D eigenvalue weighted by molar-refractivity contribution is 6.32. The predicted octanol–water partition coefficient (Wildman–Crippen LogP) is 2.80. The summed E-state index contributed by atoms with van der Waals surface area (Å²) in [5, 5.41) is 0.332. The van der Waals surface area contributed by atoms with Crippen molar-refractivity contribution in [2.75, 3.05) is 13.3 Å². The second-order valence-corrected chi connectivity index (χ2v) is 4.43. The molecule has 0 fully saturated rings. The first-order valence-electron chi connectivity index (χ1n) is 4.97. The van der Waals surface area contributed by atoms with Crippen LogP contribution in [0.5, 0.6) is 5.75 Å². The van der Waals surface area contributed by atoms with Gasteiger partial charge in [0.1, 0.15) is 19.1 Å². The molecule has 2 rings (SSSR count). The first kappa shape index (κ1) is 11.6. The quantitative estimate of drug-likeness (QED) is 0.872. The van der Waals surface area contributed by atoms with Gasteiger partial charge >= 0.3 is 0 Å². The van der Waals surface area contributed by atoms with Crippen molar-refractivity contribution in [3.05, 3.63) is 28.8 Å². The van der Waals surface area contributed by atoms with Crippen LogP contribution in [0.25, 0.3) is 0 Å². The van der Waals surface area contributed by atoms with Crippen LogP contribution in [0, 0.1) is 0 Å². The van der Waals surface area contributed by atoms with Crippen LogP contribution >= 0.6 is 11.6 Å². The van der Waals surface area contributed by atoms with Gasteiger partial charge in [0.15, 0.2) is 5.60 Å². The number of alkyl halides is 2. The molecule has 0 bridgehead atoms. The molecule has 1 unspecified atom stereocenters. The summed E-state index contributed by atoms with van der Waals surface area (Å²) < 4.78 is 31.1. The van der Waals surface area contributed by atoms with E-state index in [9.17, 15) is 8.78 Å². The maximum Gasteiger partial charge on any atom is 0.167 e. The van der Waals surface area contributed by atoms with Gasteiger partial charge in [-0.3, -0.25) is 0 Å². The molecule has 1 heterocycles. The topological polar surface area (TPSA) is 35.2 Å². The van der Waals surface area contributed by atoms with Crippen molar-refractivity contribution in [3.63, 3.8) is 0 Å². The Labute approximate surface area is 97.3 Å². The molecule has 0 aromatic heterocycles. The van der Waals surface area contributed by atoms with Crippen molar-refractivity contribution in [1.29, 1.82) is 0 Å². The number of benzene rings is 1. The number of halogens is 3. The molecule has 2 N–H and O–H groups in total. The summed E-state index contributed by atoms with van der Waals surface area (Å²) in [5.41, 5.74) is 5.09. The first-order chi connectivity index (χ1) is 7.62. The van der Waals surface area contributed by atoms with E-state index < -0.39 is 25.0 Å². The minimum Gasteiger partial charge on any atom is -0.480 e.